The number of allylic oxidation sites excluding steroid dienone is 1. The number of nitro groups is 1. The first-order valence-corrected chi connectivity index (χ1v) is 5.68. The molecule has 108 valence electrons. The molecule has 0 aliphatic rings. The van der Waals surface area contributed by atoms with Crippen LogP contribution in [-0.2, 0) is 17.9 Å². The first kappa shape index (κ1) is 15.3. The molecule has 0 aromatic carbocycles. The number of rotatable bonds is 5. The molecule has 0 radical (unpaired) electrons. The second-order valence-corrected chi connectivity index (χ2v) is 3.95. The van der Waals surface area contributed by atoms with Gasteiger partial charge in [0.1, 0.15) is 0 Å². The zero-order valence-electron chi connectivity index (χ0n) is 10.9. The summed E-state index contributed by atoms with van der Waals surface area (Å²) in [5.41, 5.74) is -2.57. The van der Waals surface area contributed by atoms with Gasteiger partial charge in [-0.25, -0.2) is 9.59 Å². The number of carboxylic acids is 1. The molecule has 1 aromatic rings. The van der Waals surface area contributed by atoms with Crippen molar-refractivity contribution in [3.8, 4) is 0 Å². The van der Waals surface area contributed by atoms with Crippen molar-refractivity contribution in [2.24, 2.45) is 0 Å². The molecule has 0 aliphatic heterocycles. The summed E-state index contributed by atoms with van der Waals surface area (Å²) in [6.45, 7) is 2.71. The van der Waals surface area contributed by atoms with E-state index in [1.807, 2.05) is 0 Å². The molecule has 0 unspecified atom stereocenters. The van der Waals surface area contributed by atoms with Crippen molar-refractivity contribution in [1.82, 2.24) is 9.13 Å². The number of aliphatic carboxylic acids is 1. The lowest BCUT2D eigenvalue weighted by atomic mass is 10.3. The Bertz CT molecular complexity index is 697. The lowest BCUT2D eigenvalue weighted by molar-refractivity contribution is -0.387. The van der Waals surface area contributed by atoms with E-state index in [4.69, 9.17) is 5.11 Å². The number of hydrogen-bond acceptors (Lipinski definition) is 5. The lowest BCUT2D eigenvalue weighted by Crippen LogP contribution is -2.40. The third kappa shape index (κ3) is 2.99. The van der Waals surface area contributed by atoms with E-state index in [1.165, 1.54) is 6.92 Å². The predicted octanol–water partition coefficient (Wildman–Crippen LogP) is -0.0310. The minimum atomic E-state index is -1.20. The van der Waals surface area contributed by atoms with Crippen LogP contribution in [0.1, 0.15) is 13.8 Å². The summed E-state index contributed by atoms with van der Waals surface area (Å²) >= 11 is 0. The van der Waals surface area contributed by atoms with Gasteiger partial charge in [0.2, 0.25) is 0 Å². The quantitative estimate of drug-likeness (QED) is 0.459. The number of aryl methyl sites for hydroxylation is 1. The van der Waals surface area contributed by atoms with Crippen LogP contribution in [0.25, 0.3) is 0 Å². The average Bonchev–Trinajstić information content (AvgIpc) is 2.37. The van der Waals surface area contributed by atoms with Crippen LogP contribution in [0.15, 0.2) is 27.4 Å². The van der Waals surface area contributed by atoms with E-state index in [9.17, 15) is 24.5 Å². The molecule has 0 fully saturated rings. The smallest absolute Gasteiger partial charge is 0.350 e. The summed E-state index contributed by atoms with van der Waals surface area (Å²) in [6, 6.07) is 0. The van der Waals surface area contributed by atoms with E-state index >= 15 is 0 Å². The van der Waals surface area contributed by atoms with Crippen LogP contribution in [0, 0.1) is 10.1 Å². The average molecular weight is 283 g/mol. The Morgan fingerprint density at radius 1 is 1.50 bits per heavy atom. The number of carbonyl (C=O) groups is 1. The Balaban J connectivity index is 3.46. The van der Waals surface area contributed by atoms with Crippen molar-refractivity contribution in [2.45, 2.75) is 26.9 Å². The molecule has 0 amide bonds. The fraction of sp³-hybridized carbons (Fsp3) is 0.364. The van der Waals surface area contributed by atoms with Crippen molar-refractivity contribution >= 4 is 11.7 Å². The van der Waals surface area contributed by atoms with Crippen LogP contribution in [0.4, 0.5) is 5.69 Å². The van der Waals surface area contributed by atoms with Crippen molar-refractivity contribution in [1.29, 1.82) is 0 Å². The van der Waals surface area contributed by atoms with Gasteiger partial charge in [0.15, 0.2) is 0 Å². The molecule has 0 aliphatic carbocycles. The van der Waals surface area contributed by atoms with Gasteiger partial charge in [0.05, 0.1) is 11.1 Å². The molecule has 0 spiro atoms. The molecule has 1 heterocycles. The fourth-order valence-electron chi connectivity index (χ4n) is 1.47. The number of hydrogen-bond donors (Lipinski definition) is 1. The normalized spacial score (nSPS) is 11.4. The van der Waals surface area contributed by atoms with Crippen molar-refractivity contribution < 1.29 is 14.8 Å². The fourth-order valence-corrected chi connectivity index (χ4v) is 1.47. The highest BCUT2D eigenvalue weighted by molar-refractivity contribution is 5.85. The van der Waals surface area contributed by atoms with E-state index in [0.29, 0.717) is 4.57 Å². The molecule has 0 bridgehead atoms. The van der Waals surface area contributed by atoms with E-state index in [1.54, 1.807) is 6.92 Å². The van der Waals surface area contributed by atoms with Gasteiger partial charge >= 0.3 is 22.9 Å². The van der Waals surface area contributed by atoms with Crippen LogP contribution >= 0.6 is 0 Å². The molecule has 1 N–H and O–H groups in total. The van der Waals surface area contributed by atoms with Gasteiger partial charge in [-0.05, 0) is 13.8 Å². The molecular formula is C11H13N3O6. The van der Waals surface area contributed by atoms with Crippen LogP contribution in [0.5, 0.6) is 0 Å². The molecule has 0 saturated carbocycles. The highest BCUT2D eigenvalue weighted by atomic mass is 16.6. The number of nitrogens with zero attached hydrogens (tertiary/aromatic N) is 3. The summed E-state index contributed by atoms with van der Waals surface area (Å²) in [7, 11) is 0. The minimum Gasteiger partial charge on any atom is -0.478 e. The van der Waals surface area contributed by atoms with Gasteiger partial charge in [-0.3, -0.25) is 24.0 Å². The van der Waals surface area contributed by atoms with E-state index in [2.05, 4.69) is 0 Å². The van der Waals surface area contributed by atoms with Gasteiger partial charge in [-0.1, -0.05) is 6.08 Å². The van der Waals surface area contributed by atoms with Crippen molar-refractivity contribution in [2.75, 3.05) is 0 Å². The zero-order valence-corrected chi connectivity index (χ0v) is 10.9. The third-order valence-corrected chi connectivity index (χ3v) is 2.67. The first-order valence-electron chi connectivity index (χ1n) is 5.68. The molecule has 1 rings (SSSR count). The van der Waals surface area contributed by atoms with Crippen LogP contribution in [0.2, 0.25) is 0 Å². The second-order valence-electron chi connectivity index (χ2n) is 3.95. The minimum absolute atomic E-state index is 0.0640. The summed E-state index contributed by atoms with van der Waals surface area (Å²) < 4.78 is 1.65. The molecule has 9 nitrogen and oxygen atoms in total. The van der Waals surface area contributed by atoms with Gasteiger partial charge in [0, 0.05) is 18.7 Å². The maximum atomic E-state index is 11.9. The standard InChI is InChI=1S/C11H13N3O6/c1-3-12-6-8(14(19)20)9(15)13(11(12)18)5-4-7(2)10(16)17/h4,6H,3,5H2,1-2H3,(H,16,17). The summed E-state index contributed by atoms with van der Waals surface area (Å²) in [4.78, 5) is 44.2. The maximum Gasteiger partial charge on any atom is 0.350 e. The molecule has 9 heteroatoms. The molecular weight excluding hydrogens is 270 g/mol. The highest BCUT2D eigenvalue weighted by Gasteiger charge is 2.18. The number of aromatic nitrogens is 2. The van der Waals surface area contributed by atoms with Crippen molar-refractivity contribution in [3.05, 3.63) is 48.8 Å². The maximum absolute atomic E-state index is 11.9. The van der Waals surface area contributed by atoms with Crippen LogP contribution in [-0.4, -0.2) is 25.1 Å². The van der Waals surface area contributed by atoms with Gasteiger partial charge in [0.25, 0.3) is 0 Å². The van der Waals surface area contributed by atoms with Gasteiger partial charge < -0.3 is 5.11 Å². The number of carboxylic acid groups (broad SMARTS) is 1. The first-order chi connectivity index (χ1) is 9.29. The Kier molecular flexibility index (Phi) is 4.57. The lowest BCUT2D eigenvalue weighted by Gasteiger charge is -2.06. The van der Waals surface area contributed by atoms with E-state index < -0.39 is 27.8 Å². The highest BCUT2D eigenvalue weighted by Crippen LogP contribution is 2.01. The van der Waals surface area contributed by atoms with Gasteiger partial charge in [-0.2, -0.15) is 0 Å². The topological polar surface area (TPSA) is 124 Å². The summed E-state index contributed by atoms with van der Waals surface area (Å²) in [6.07, 6.45) is 2.03. The zero-order chi connectivity index (χ0) is 15.4. The monoisotopic (exact) mass is 283 g/mol. The van der Waals surface area contributed by atoms with Crippen LogP contribution < -0.4 is 11.2 Å². The van der Waals surface area contributed by atoms with Gasteiger partial charge in [-0.15, -0.1) is 0 Å². The molecule has 0 atom stereocenters. The molecule has 1 aromatic heterocycles. The molecule has 0 saturated heterocycles. The Morgan fingerprint density at radius 2 is 2.10 bits per heavy atom. The van der Waals surface area contributed by atoms with E-state index in [-0.39, 0.29) is 18.7 Å². The summed E-state index contributed by atoms with van der Waals surface area (Å²) in [5.74, 6) is -1.20. The molecule has 20 heavy (non-hydrogen) atoms. The van der Waals surface area contributed by atoms with E-state index in [0.717, 1.165) is 16.8 Å². The Morgan fingerprint density at radius 3 is 2.55 bits per heavy atom. The largest absolute Gasteiger partial charge is 0.478 e. The van der Waals surface area contributed by atoms with Crippen molar-refractivity contribution in [3.63, 3.8) is 0 Å². The SMILES string of the molecule is CCn1cc([N+](=O)[O-])c(=O)n(CC=C(C)C(=O)O)c1=O. The summed E-state index contributed by atoms with van der Waals surface area (Å²) in [5, 5.41) is 19.5. The second kappa shape index (κ2) is 5.95. The Hall–Kier alpha value is -2.71. The third-order valence-electron chi connectivity index (χ3n) is 2.67. The van der Waals surface area contributed by atoms with Crippen LogP contribution in [0.3, 0.4) is 0 Å². The predicted molar refractivity (Wildman–Crippen MR) is 68.7 cm³/mol. The Labute approximate surface area is 112 Å².